The number of anilines is 1. The van der Waals surface area contributed by atoms with E-state index in [1.165, 1.54) is 75.1 Å². The molecule has 4 nitrogen and oxygen atoms in total. The Morgan fingerprint density at radius 3 is 2.34 bits per heavy atom. The third-order valence-electron chi connectivity index (χ3n) is 6.38. The number of rotatable bonds is 8. The maximum absolute atomic E-state index is 5.46. The van der Waals surface area contributed by atoms with Crippen molar-refractivity contribution >= 4 is 5.69 Å². The molecule has 156 valence electrons. The molecule has 0 amide bonds. The largest absolute Gasteiger partial charge is 0.497 e. The average molecular weight is 394 g/mol. The van der Waals surface area contributed by atoms with Crippen molar-refractivity contribution in [2.45, 2.75) is 44.7 Å². The Morgan fingerprint density at radius 1 is 0.897 bits per heavy atom. The van der Waals surface area contributed by atoms with Crippen molar-refractivity contribution in [1.29, 1.82) is 0 Å². The van der Waals surface area contributed by atoms with E-state index < -0.39 is 0 Å². The van der Waals surface area contributed by atoms with Gasteiger partial charge in [0.15, 0.2) is 0 Å². The highest BCUT2D eigenvalue weighted by molar-refractivity contribution is 5.47. The van der Waals surface area contributed by atoms with Crippen LogP contribution < -0.4 is 15.0 Å². The number of hydrogen-bond donors (Lipinski definition) is 1. The van der Waals surface area contributed by atoms with Crippen LogP contribution in [0, 0.1) is 0 Å². The number of methoxy groups -OCH3 is 1. The molecule has 0 aliphatic carbocycles. The van der Waals surface area contributed by atoms with Crippen molar-refractivity contribution in [1.82, 2.24) is 10.2 Å². The lowest BCUT2D eigenvalue weighted by atomic mass is 10.0. The zero-order valence-corrected chi connectivity index (χ0v) is 17.8. The fourth-order valence-corrected chi connectivity index (χ4v) is 4.69. The third kappa shape index (κ3) is 5.31. The first-order valence-corrected chi connectivity index (χ1v) is 11.3. The fraction of sp³-hybridized carbons (Fsp3) is 0.520. The molecule has 0 radical (unpaired) electrons. The van der Waals surface area contributed by atoms with E-state index in [1.807, 2.05) is 6.07 Å². The van der Waals surface area contributed by atoms with Gasteiger partial charge in [-0.05, 0) is 80.6 Å². The highest BCUT2D eigenvalue weighted by Gasteiger charge is 2.23. The lowest BCUT2D eigenvalue weighted by Crippen LogP contribution is -2.34. The van der Waals surface area contributed by atoms with Crippen LogP contribution in [0.4, 0.5) is 5.69 Å². The normalized spacial score (nSPS) is 18.7. The Bertz CT molecular complexity index is 749. The van der Waals surface area contributed by atoms with Gasteiger partial charge in [0.25, 0.3) is 0 Å². The molecule has 4 rings (SSSR count). The van der Waals surface area contributed by atoms with Crippen molar-refractivity contribution < 1.29 is 4.74 Å². The van der Waals surface area contributed by atoms with Gasteiger partial charge in [-0.25, -0.2) is 0 Å². The van der Waals surface area contributed by atoms with E-state index in [0.717, 1.165) is 18.8 Å². The third-order valence-corrected chi connectivity index (χ3v) is 6.38. The van der Waals surface area contributed by atoms with E-state index >= 15 is 0 Å². The molecule has 2 saturated heterocycles. The van der Waals surface area contributed by atoms with Crippen molar-refractivity contribution in [2.75, 3.05) is 44.7 Å². The van der Waals surface area contributed by atoms with Crippen LogP contribution in [-0.2, 0) is 6.54 Å². The van der Waals surface area contributed by atoms with Crippen LogP contribution in [0.25, 0.3) is 0 Å². The summed E-state index contributed by atoms with van der Waals surface area (Å²) in [6.45, 7) is 6.66. The molecule has 2 heterocycles. The molecule has 0 bridgehead atoms. The molecule has 0 spiro atoms. The maximum Gasteiger partial charge on any atom is 0.119 e. The maximum atomic E-state index is 5.46. The molecule has 4 heteroatoms. The van der Waals surface area contributed by atoms with E-state index in [9.17, 15) is 0 Å². The zero-order chi connectivity index (χ0) is 19.9. The molecule has 1 N–H and O–H groups in total. The first-order valence-electron chi connectivity index (χ1n) is 11.3. The average Bonchev–Trinajstić information content (AvgIpc) is 3.32. The fourth-order valence-electron chi connectivity index (χ4n) is 4.69. The summed E-state index contributed by atoms with van der Waals surface area (Å²) in [5.74, 6) is 0.944. The van der Waals surface area contributed by atoms with Crippen LogP contribution in [0.5, 0.6) is 5.75 Å². The molecule has 2 aromatic rings. The van der Waals surface area contributed by atoms with Crippen molar-refractivity contribution in [3.05, 3.63) is 59.7 Å². The number of benzene rings is 2. The number of hydrogen-bond acceptors (Lipinski definition) is 4. The second-order valence-corrected chi connectivity index (χ2v) is 8.38. The van der Waals surface area contributed by atoms with Crippen LogP contribution in [-0.4, -0.2) is 44.7 Å². The minimum Gasteiger partial charge on any atom is -0.497 e. The monoisotopic (exact) mass is 393 g/mol. The summed E-state index contributed by atoms with van der Waals surface area (Å²) in [6.07, 6.45) is 6.64. The van der Waals surface area contributed by atoms with Gasteiger partial charge in [0.2, 0.25) is 0 Å². The first-order chi connectivity index (χ1) is 14.3. The summed E-state index contributed by atoms with van der Waals surface area (Å²) in [4.78, 5) is 5.13. The highest BCUT2D eigenvalue weighted by atomic mass is 16.5. The summed E-state index contributed by atoms with van der Waals surface area (Å²) >= 11 is 0. The predicted octanol–water partition coefficient (Wildman–Crippen LogP) is 4.61. The molecule has 2 aromatic carbocycles. The van der Waals surface area contributed by atoms with Gasteiger partial charge < -0.3 is 15.0 Å². The molecule has 29 heavy (non-hydrogen) atoms. The summed E-state index contributed by atoms with van der Waals surface area (Å²) < 4.78 is 5.46. The quantitative estimate of drug-likeness (QED) is 0.709. The second-order valence-electron chi connectivity index (χ2n) is 8.38. The second kappa shape index (κ2) is 10.1. The van der Waals surface area contributed by atoms with Crippen LogP contribution in [0.15, 0.2) is 48.5 Å². The Balaban J connectivity index is 1.36. The molecular formula is C25H35N3O. The van der Waals surface area contributed by atoms with E-state index in [4.69, 9.17) is 4.74 Å². The number of likely N-dealkylation sites (tertiary alicyclic amines) is 1. The molecule has 0 saturated carbocycles. The van der Waals surface area contributed by atoms with Crippen LogP contribution in [0.2, 0.25) is 0 Å². The molecule has 0 aromatic heterocycles. The standard InChI is InChI=1S/C25H35N3O/c1-29-24-9-7-8-22(18-24)25(28-16-5-6-17-28)20-26-19-21-10-12-23(13-11-21)27-14-3-2-4-15-27/h7-13,18,25-26H,2-6,14-17,19-20H2,1H3. The number of piperidine rings is 1. The van der Waals surface area contributed by atoms with Gasteiger partial charge in [-0.3, -0.25) is 4.90 Å². The van der Waals surface area contributed by atoms with Crippen LogP contribution in [0.1, 0.15) is 49.3 Å². The topological polar surface area (TPSA) is 27.7 Å². The van der Waals surface area contributed by atoms with E-state index in [-0.39, 0.29) is 0 Å². The van der Waals surface area contributed by atoms with Gasteiger partial charge in [-0.15, -0.1) is 0 Å². The number of nitrogens with zero attached hydrogens (tertiary/aromatic N) is 2. The van der Waals surface area contributed by atoms with Crippen LogP contribution >= 0.6 is 0 Å². The van der Waals surface area contributed by atoms with Gasteiger partial charge in [-0.1, -0.05) is 24.3 Å². The summed E-state index contributed by atoms with van der Waals surface area (Å²) in [5, 5.41) is 3.72. The van der Waals surface area contributed by atoms with E-state index in [2.05, 4.69) is 57.6 Å². The Labute approximate surface area is 175 Å². The van der Waals surface area contributed by atoms with Crippen LogP contribution in [0.3, 0.4) is 0 Å². The summed E-state index contributed by atoms with van der Waals surface area (Å²) in [6, 6.07) is 18.1. The van der Waals surface area contributed by atoms with Gasteiger partial charge in [0, 0.05) is 37.9 Å². The van der Waals surface area contributed by atoms with Crippen molar-refractivity contribution in [2.24, 2.45) is 0 Å². The summed E-state index contributed by atoms with van der Waals surface area (Å²) in [7, 11) is 1.75. The molecule has 1 atom stereocenters. The molecule has 2 aliphatic rings. The summed E-state index contributed by atoms with van der Waals surface area (Å²) in [5.41, 5.74) is 4.08. The van der Waals surface area contributed by atoms with Gasteiger partial charge in [0.05, 0.1) is 7.11 Å². The Morgan fingerprint density at radius 2 is 1.62 bits per heavy atom. The lowest BCUT2D eigenvalue weighted by Gasteiger charge is -2.29. The SMILES string of the molecule is COc1cccc(C(CNCc2ccc(N3CCCCC3)cc2)N2CCCC2)c1. The number of nitrogens with one attached hydrogen (secondary N) is 1. The van der Waals surface area contributed by atoms with Crippen molar-refractivity contribution in [3.63, 3.8) is 0 Å². The first kappa shape index (κ1) is 20.2. The molecular weight excluding hydrogens is 358 g/mol. The molecule has 2 fully saturated rings. The zero-order valence-electron chi connectivity index (χ0n) is 17.8. The minimum atomic E-state index is 0.403. The Hall–Kier alpha value is -2.04. The molecule has 1 unspecified atom stereocenters. The van der Waals surface area contributed by atoms with Gasteiger partial charge >= 0.3 is 0 Å². The smallest absolute Gasteiger partial charge is 0.119 e. The van der Waals surface area contributed by atoms with Gasteiger partial charge in [-0.2, -0.15) is 0 Å². The minimum absolute atomic E-state index is 0.403. The highest BCUT2D eigenvalue weighted by Crippen LogP contribution is 2.27. The van der Waals surface area contributed by atoms with Crippen molar-refractivity contribution in [3.8, 4) is 5.75 Å². The van der Waals surface area contributed by atoms with E-state index in [0.29, 0.717) is 6.04 Å². The number of ether oxygens (including phenoxy) is 1. The predicted molar refractivity (Wildman–Crippen MR) is 121 cm³/mol. The van der Waals surface area contributed by atoms with E-state index in [1.54, 1.807) is 7.11 Å². The van der Waals surface area contributed by atoms with Gasteiger partial charge in [0.1, 0.15) is 5.75 Å². The molecule has 2 aliphatic heterocycles. The Kier molecular flexibility index (Phi) is 7.07. The lowest BCUT2D eigenvalue weighted by molar-refractivity contribution is 0.238.